The Hall–Kier alpha value is -1.89. The monoisotopic (exact) mass is 419 g/mol. The number of halogens is 1. The predicted octanol–water partition coefficient (Wildman–Crippen LogP) is 4.13. The molecule has 0 fully saturated rings. The molecule has 0 aliphatic heterocycles. The first-order chi connectivity index (χ1) is 12.0. The van der Waals surface area contributed by atoms with Gasteiger partial charge in [-0.1, -0.05) is 46.3 Å². The number of nitrogens with one attached hydrogen (secondary N) is 1. The number of ether oxygens (including phenoxy) is 1. The van der Waals surface area contributed by atoms with Gasteiger partial charge in [-0.3, -0.25) is 0 Å². The highest BCUT2D eigenvalue weighted by atomic mass is 79.9. The normalized spacial score (nSPS) is 11.6. The van der Waals surface area contributed by atoms with E-state index < -0.39 is 10.0 Å². The van der Waals surface area contributed by atoms with Crippen molar-refractivity contribution >= 4 is 36.7 Å². The van der Waals surface area contributed by atoms with Crippen molar-refractivity contribution in [2.75, 3.05) is 13.7 Å². The van der Waals surface area contributed by atoms with Gasteiger partial charge in [0.15, 0.2) is 0 Å². The first kappa shape index (κ1) is 17.9. The fourth-order valence-electron chi connectivity index (χ4n) is 2.68. The van der Waals surface area contributed by atoms with Crippen molar-refractivity contribution in [1.82, 2.24) is 4.72 Å². The molecule has 0 spiro atoms. The number of hydrogen-bond donors (Lipinski definition) is 1. The maximum Gasteiger partial charge on any atom is 0.240 e. The maximum absolute atomic E-state index is 12.5. The lowest BCUT2D eigenvalue weighted by atomic mass is 10.1. The summed E-state index contributed by atoms with van der Waals surface area (Å²) in [7, 11) is -1.95. The Bertz CT molecular complexity index is 1000. The van der Waals surface area contributed by atoms with E-state index in [4.69, 9.17) is 4.74 Å². The molecule has 3 aromatic carbocycles. The number of rotatable bonds is 6. The molecular formula is C19H18BrNO3S. The molecule has 0 heterocycles. The van der Waals surface area contributed by atoms with Crippen LogP contribution >= 0.6 is 15.9 Å². The molecule has 0 atom stereocenters. The molecule has 0 saturated carbocycles. The first-order valence-electron chi connectivity index (χ1n) is 7.80. The van der Waals surface area contributed by atoms with Crippen LogP contribution in [-0.2, 0) is 16.4 Å². The zero-order chi connectivity index (χ0) is 17.9. The van der Waals surface area contributed by atoms with Crippen LogP contribution < -0.4 is 9.46 Å². The first-order valence-corrected chi connectivity index (χ1v) is 10.1. The highest BCUT2D eigenvalue weighted by Crippen LogP contribution is 2.23. The summed E-state index contributed by atoms with van der Waals surface area (Å²) in [4.78, 5) is 0.271. The van der Waals surface area contributed by atoms with E-state index in [1.54, 1.807) is 19.2 Å². The quantitative estimate of drug-likeness (QED) is 0.653. The second-order valence-electron chi connectivity index (χ2n) is 5.61. The fraction of sp³-hybridized carbons (Fsp3) is 0.158. The molecule has 0 unspecified atom stereocenters. The van der Waals surface area contributed by atoms with Crippen LogP contribution in [0.5, 0.6) is 5.75 Å². The van der Waals surface area contributed by atoms with Crippen LogP contribution in [0.2, 0.25) is 0 Å². The molecular weight excluding hydrogens is 402 g/mol. The second kappa shape index (κ2) is 7.56. The van der Waals surface area contributed by atoms with Gasteiger partial charge in [-0.2, -0.15) is 0 Å². The highest BCUT2D eigenvalue weighted by Gasteiger charge is 2.14. The Kier molecular flexibility index (Phi) is 5.42. The lowest BCUT2D eigenvalue weighted by Crippen LogP contribution is -2.26. The molecule has 25 heavy (non-hydrogen) atoms. The summed E-state index contributed by atoms with van der Waals surface area (Å²) in [6.45, 7) is 0.294. The van der Waals surface area contributed by atoms with E-state index in [1.807, 2.05) is 48.5 Å². The van der Waals surface area contributed by atoms with Crippen LogP contribution in [0.3, 0.4) is 0 Å². The maximum atomic E-state index is 12.5. The van der Waals surface area contributed by atoms with Crippen LogP contribution in [0.1, 0.15) is 5.56 Å². The molecule has 0 aliphatic carbocycles. The van der Waals surface area contributed by atoms with Crippen molar-refractivity contribution < 1.29 is 13.2 Å². The van der Waals surface area contributed by atoms with Crippen LogP contribution in [0.4, 0.5) is 0 Å². The van der Waals surface area contributed by atoms with Gasteiger partial charge >= 0.3 is 0 Å². The third kappa shape index (κ3) is 4.21. The molecule has 0 saturated heterocycles. The van der Waals surface area contributed by atoms with Crippen molar-refractivity contribution in [1.29, 1.82) is 0 Å². The highest BCUT2D eigenvalue weighted by molar-refractivity contribution is 9.10. The van der Waals surface area contributed by atoms with E-state index in [-0.39, 0.29) is 4.90 Å². The van der Waals surface area contributed by atoms with Crippen molar-refractivity contribution in [3.63, 3.8) is 0 Å². The van der Waals surface area contributed by atoms with Gasteiger partial charge in [-0.25, -0.2) is 13.1 Å². The molecule has 0 aliphatic rings. The third-order valence-electron chi connectivity index (χ3n) is 3.96. The average Bonchev–Trinajstić information content (AvgIpc) is 2.61. The fourth-order valence-corrected chi connectivity index (χ4v) is 4.16. The Balaban J connectivity index is 1.74. The van der Waals surface area contributed by atoms with Crippen molar-refractivity contribution in [2.45, 2.75) is 11.3 Å². The largest absolute Gasteiger partial charge is 0.496 e. The van der Waals surface area contributed by atoms with Crippen LogP contribution in [0.15, 0.2) is 70.0 Å². The Labute approximate surface area is 156 Å². The number of methoxy groups -OCH3 is 1. The van der Waals surface area contributed by atoms with Crippen molar-refractivity contribution in [3.05, 3.63) is 70.7 Å². The summed E-state index contributed by atoms with van der Waals surface area (Å²) in [6.07, 6.45) is 0.537. The van der Waals surface area contributed by atoms with E-state index in [1.165, 1.54) is 0 Å². The third-order valence-corrected chi connectivity index (χ3v) is 5.91. The van der Waals surface area contributed by atoms with Crippen LogP contribution in [0.25, 0.3) is 10.8 Å². The molecule has 0 amide bonds. The molecule has 6 heteroatoms. The van der Waals surface area contributed by atoms with Gasteiger partial charge in [0.25, 0.3) is 0 Å². The second-order valence-corrected chi connectivity index (χ2v) is 8.30. The molecule has 3 rings (SSSR count). The van der Waals surface area contributed by atoms with E-state index in [2.05, 4.69) is 20.7 Å². The molecule has 4 nitrogen and oxygen atoms in total. The van der Waals surface area contributed by atoms with E-state index >= 15 is 0 Å². The molecule has 0 radical (unpaired) electrons. The summed E-state index contributed by atoms with van der Waals surface area (Å²) in [5, 5.41) is 1.92. The Morgan fingerprint density at radius 2 is 1.76 bits per heavy atom. The van der Waals surface area contributed by atoms with E-state index in [0.717, 1.165) is 26.6 Å². The zero-order valence-electron chi connectivity index (χ0n) is 13.7. The van der Waals surface area contributed by atoms with Gasteiger partial charge < -0.3 is 4.74 Å². The standard InChI is InChI=1S/C19H18BrNO3S/c1-24-19-9-7-17(20)12-16(19)10-11-21-25(22,23)18-8-6-14-4-2-3-5-15(14)13-18/h2-9,12-13,21H,10-11H2,1H3. The van der Waals surface area contributed by atoms with Crippen molar-refractivity contribution in [2.24, 2.45) is 0 Å². The van der Waals surface area contributed by atoms with Crippen LogP contribution in [0, 0.1) is 0 Å². The Morgan fingerprint density at radius 1 is 1.00 bits per heavy atom. The minimum Gasteiger partial charge on any atom is -0.496 e. The van der Waals surface area contributed by atoms with Gasteiger partial charge in [0, 0.05) is 11.0 Å². The summed E-state index contributed by atoms with van der Waals surface area (Å²) in [5.74, 6) is 0.744. The zero-order valence-corrected chi connectivity index (χ0v) is 16.1. The topological polar surface area (TPSA) is 55.4 Å². The summed E-state index contributed by atoms with van der Waals surface area (Å²) < 4.78 is 34.0. The molecule has 3 aromatic rings. The number of sulfonamides is 1. The van der Waals surface area contributed by atoms with Gasteiger partial charge in [-0.15, -0.1) is 0 Å². The molecule has 0 aromatic heterocycles. The average molecular weight is 420 g/mol. The summed E-state index contributed by atoms with van der Waals surface area (Å²) >= 11 is 3.42. The lowest BCUT2D eigenvalue weighted by Gasteiger charge is -2.11. The minimum absolute atomic E-state index is 0.271. The number of fused-ring (bicyclic) bond motifs is 1. The van der Waals surface area contributed by atoms with Gasteiger partial charge in [-0.05, 0) is 53.1 Å². The predicted molar refractivity (Wildman–Crippen MR) is 104 cm³/mol. The summed E-state index contributed by atoms with van der Waals surface area (Å²) in [5.41, 5.74) is 0.943. The van der Waals surface area contributed by atoms with Gasteiger partial charge in [0.05, 0.1) is 12.0 Å². The number of benzene rings is 3. The smallest absolute Gasteiger partial charge is 0.240 e. The van der Waals surface area contributed by atoms with Gasteiger partial charge in [0.1, 0.15) is 5.75 Å². The molecule has 130 valence electrons. The van der Waals surface area contributed by atoms with Gasteiger partial charge in [0.2, 0.25) is 10.0 Å². The van der Waals surface area contributed by atoms with Crippen LogP contribution in [-0.4, -0.2) is 22.1 Å². The van der Waals surface area contributed by atoms with Crippen molar-refractivity contribution in [3.8, 4) is 5.75 Å². The SMILES string of the molecule is COc1ccc(Br)cc1CCNS(=O)(=O)c1ccc2ccccc2c1. The Morgan fingerprint density at radius 3 is 2.52 bits per heavy atom. The number of hydrogen-bond acceptors (Lipinski definition) is 3. The van der Waals surface area contributed by atoms with E-state index in [9.17, 15) is 8.42 Å². The lowest BCUT2D eigenvalue weighted by molar-refractivity contribution is 0.409. The van der Waals surface area contributed by atoms with E-state index in [0.29, 0.717) is 13.0 Å². The molecule has 0 bridgehead atoms. The summed E-state index contributed by atoms with van der Waals surface area (Å²) in [6, 6.07) is 18.5. The minimum atomic E-state index is -3.55. The molecule has 1 N–H and O–H groups in total.